The molecule has 5 rings (SSSR count). The molecule has 172 valence electrons. The lowest BCUT2D eigenvalue weighted by molar-refractivity contribution is -0.135. The van der Waals surface area contributed by atoms with E-state index in [0.29, 0.717) is 31.1 Å². The van der Waals surface area contributed by atoms with Gasteiger partial charge >= 0.3 is 0 Å². The fourth-order valence-electron chi connectivity index (χ4n) is 5.59. The molecule has 1 aliphatic carbocycles. The molecule has 0 spiro atoms. The van der Waals surface area contributed by atoms with Gasteiger partial charge < -0.3 is 9.80 Å². The van der Waals surface area contributed by atoms with Crippen LogP contribution >= 0.6 is 0 Å². The molecule has 1 fully saturated rings. The molecule has 1 saturated heterocycles. The highest BCUT2D eigenvalue weighted by molar-refractivity contribution is 5.78. The maximum Gasteiger partial charge on any atom is 0.276 e. The number of H-pyrrole nitrogens is 1. The number of likely N-dealkylation sites (tertiary alicyclic amines) is 1. The number of hydrogen-bond donors (Lipinski definition) is 1. The molecule has 0 aromatic carbocycles. The van der Waals surface area contributed by atoms with Gasteiger partial charge in [0.15, 0.2) is 5.65 Å². The Kier molecular flexibility index (Phi) is 5.93. The minimum atomic E-state index is -0.0410. The summed E-state index contributed by atoms with van der Waals surface area (Å²) in [6, 6.07) is 2.05. The molecule has 1 atom stereocenters. The van der Waals surface area contributed by atoms with Crippen LogP contribution in [0.3, 0.4) is 0 Å². The van der Waals surface area contributed by atoms with Gasteiger partial charge in [-0.15, -0.1) is 0 Å². The molecule has 0 saturated carbocycles. The summed E-state index contributed by atoms with van der Waals surface area (Å²) >= 11 is 0. The summed E-state index contributed by atoms with van der Waals surface area (Å²) in [5.41, 5.74) is 3.30. The SMILES string of the molecule is CC(C)C(=O)N1CCc2c(nc3cc(C4CCN(C[C@@H]5CC=CCC5)CC4)[nH]n3c2=O)C1. The standard InChI is InChI=1S/C25H35N5O2/c1-17(2)24(31)29-13-10-20-22(16-29)26-23-14-21(27-30(23)25(20)32)19-8-11-28(12-9-19)15-18-6-4-3-5-7-18/h3-4,14,17-19,27H,5-13,15-16H2,1-2H3/t18-/m1/s1. The van der Waals surface area contributed by atoms with Crippen molar-refractivity contribution in [2.45, 2.75) is 64.8 Å². The van der Waals surface area contributed by atoms with Gasteiger partial charge in [-0.2, -0.15) is 0 Å². The van der Waals surface area contributed by atoms with Crippen molar-refractivity contribution >= 4 is 11.6 Å². The highest BCUT2D eigenvalue weighted by Crippen LogP contribution is 2.29. The minimum absolute atomic E-state index is 0.00400. The third kappa shape index (κ3) is 4.15. The Morgan fingerprint density at radius 3 is 2.72 bits per heavy atom. The van der Waals surface area contributed by atoms with Gasteiger partial charge in [-0.1, -0.05) is 26.0 Å². The molecule has 0 radical (unpaired) electrons. The van der Waals surface area contributed by atoms with Crippen LogP contribution < -0.4 is 5.56 Å². The van der Waals surface area contributed by atoms with Crippen LogP contribution in [-0.2, 0) is 17.8 Å². The molecule has 2 aliphatic heterocycles. The number of hydrogen-bond acceptors (Lipinski definition) is 4. The predicted molar refractivity (Wildman–Crippen MR) is 125 cm³/mol. The second-order valence-electron chi connectivity index (χ2n) is 10.1. The Morgan fingerprint density at radius 2 is 2.00 bits per heavy atom. The fraction of sp³-hybridized carbons (Fsp3) is 0.640. The summed E-state index contributed by atoms with van der Waals surface area (Å²) in [6.45, 7) is 8.31. The van der Waals surface area contributed by atoms with Gasteiger partial charge in [0, 0.05) is 42.2 Å². The molecule has 7 nitrogen and oxygen atoms in total. The first-order valence-electron chi connectivity index (χ1n) is 12.3. The van der Waals surface area contributed by atoms with Crippen LogP contribution in [0.2, 0.25) is 0 Å². The van der Waals surface area contributed by atoms with Crippen LogP contribution in [0.15, 0.2) is 23.0 Å². The number of carbonyl (C=O) groups excluding carboxylic acids is 1. The second-order valence-corrected chi connectivity index (χ2v) is 10.1. The van der Waals surface area contributed by atoms with Gasteiger partial charge in [-0.05, 0) is 57.5 Å². The number of fused-ring (bicyclic) bond motifs is 2. The Bertz CT molecular complexity index is 1070. The van der Waals surface area contributed by atoms with Crippen LogP contribution in [-0.4, -0.2) is 56.5 Å². The van der Waals surface area contributed by atoms with E-state index in [1.807, 2.05) is 18.7 Å². The first-order chi connectivity index (χ1) is 15.5. The van der Waals surface area contributed by atoms with Crippen molar-refractivity contribution in [2.24, 2.45) is 11.8 Å². The summed E-state index contributed by atoms with van der Waals surface area (Å²) in [5.74, 6) is 1.33. The number of piperidine rings is 1. The first kappa shape index (κ1) is 21.4. The van der Waals surface area contributed by atoms with Crippen molar-refractivity contribution in [1.82, 2.24) is 24.4 Å². The van der Waals surface area contributed by atoms with E-state index in [1.165, 1.54) is 25.8 Å². The lowest BCUT2D eigenvalue weighted by atomic mass is 9.90. The third-order valence-electron chi connectivity index (χ3n) is 7.51. The zero-order valence-corrected chi connectivity index (χ0v) is 19.3. The van der Waals surface area contributed by atoms with E-state index < -0.39 is 0 Å². The van der Waals surface area contributed by atoms with Crippen LogP contribution in [0.5, 0.6) is 0 Å². The largest absolute Gasteiger partial charge is 0.336 e. The zero-order valence-electron chi connectivity index (χ0n) is 19.3. The molecular weight excluding hydrogens is 402 g/mol. The van der Waals surface area contributed by atoms with Crippen molar-refractivity contribution in [1.29, 1.82) is 0 Å². The number of carbonyl (C=O) groups is 1. The van der Waals surface area contributed by atoms with Gasteiger partial charge in [0.1, 0.15) is 0 Å². The first-order valence-corrected chi connectivity index (χ1v) is 12.3. The molecule has 0 bridgehead atoms. The van der Waals surface area contributed by atoms with E-state index in [1.54, 1.807) is 4.52 Å². The van der Waals surface area contributed by atoms with Crippen molar-refractivity contribution in [3.63, 3.8) is 0 Å². The van der Waals surface area contributed by atoms with E-state index in [9.17, 15) is 9.59 Å². The summed E-state index contributed by atoms with van der Waals surface area (Å²) in [6.07, 6.45) is 11.2. The monoisotopic (exact) mass is 437 g/mol. The minimum Gasteiger partial charge on any atom is -0.336 e. The van der Waals surface area contributed by atoms with Crippen LogP contribution in [0.4, 0.5) is 0 Å². The average molecular weight is 438 g/mol. The molecule has 3 aliphatic rings. The Balaban J connectivity index is 1.29. The number of nitrogens with zero attached hydrogens (tertiary/aromatic N) is 4. The van der Waals surface area contributed by atoms with Crippen LogP contribution in [0.25, 0.3) is 5.65 Å². The maximum absolute atomic E-state index is 13.1. The Labute approximate surface area is 189 Å². The molecule has 2 aromatic heterocycles. The summed E-state index contributed by atoms with van der Waals surface area (Å²) in [5, 5.41) is 3.37. The number of nitrogens with one attached hydrogen (secondary N) is 1. The molecular formula is C25H35N5O2. The summed E-state index contributed by atoms with van der Waals surface area (Å²) in [7, 11) is 0. The van der Waals surface area contributed by atoms with Crippen molar-refractivity contribution in [3.05, 3.63) is 45.5 Å². The van der Waals surface area contributed by atoms with E-state index in [4.69, 9.17) is 4.98 Å². The van der Waals surface area contributed by atoms with E-state index in [-0.39, 0.29) is 17.4 Å². The lowest BCUT2D eigenvalue weighted by Crippen LogP contribution is -2.41. The molecule has 7 heteroatoms. The quantitative estimate of drug-likeness (QED) is 0.746. The van der Waals surface area contributed by atoms with Crippen molar-refractivity contribution in [3.8, 4) is 0 Å². The molecule has 0 unspecified atom stereocenters. The summed E-state index contributed by atoms with van der Waals surface area (Å²) < 4.78 is 1.62. The molecule has 1 N–H and O–H groups in total. The van der Waals surface area contributed by atoms with Crippen LogP contribution in [0.1, 0.15) is 68.8 Å². The van der Waals surface area contributed by atoms with E-state index in [2.05, 4.69) is 28.2 Å². The molecule has 1 amide bonds. The van der Waals surface area contributed by atoms with Gasteiger partial charge in [-0.3, -0.25) is 14.7 Å². The van der Waals surface area contributed by atoms with E-state index >= 15 is 0 Å². The van der Waals surface area contributed by atoms with Crippen molar-refractivity contribution < 1.29 is 4.79 Å². The average Bonchev–Trinajstić information content (AvgIpc) is 3.24. The van der Waals surface area contributed by atoms with Gasteiger partial charge in [0.2, 0.25) is 5.91 Å². The van der Waals surface area contributed by atoms with Crippen LogP contribution in [0, 0.1) is 11.8 Å². The zero-order chi connectivity index (χ0) is 22.2. The van der Waals surface area contributed by atoms with Gasteiger partial charge in [-0.25, -0.2) is 9.50 Å². The fourth-order valence-corrected chi connectivity index (χ4v) is 5.59. The molecule has 2 aromatic rings. The number of rotatable bonds is 4. The summed E-state index contributed by atoms with van der Waals surface area (Å²) in [4.78, 5) is 34.8. The number of amides is 1. The normalized spacial score (nSPS) is 22.6. The van der Waals surface area contributed by atoms with Gasteiger partial charge in [0.05, 0.1) is 12.2 Å². The number of aromatic amines is 1. The topological polar surface area (TPSA) is 73.7 Å². The smallest absolute Gasteiger partial charge is 0.276 e. The van der Waals surface area contributed by atoms with E-state index in [0.717, 1.165) is 48.8 Å². The van der Waals surface area contributed by atoms with Gasteiger partial charge in [0.25, 0.3) is 5.56 Å². The highest BCUT2D eigenvalue weighted by atomic mass is 16.2. The lowest BCUT2D eigenvalue weighted by Gasteiger charge is -2.34. The Hall–Kier alpha value is -2.41. The Morgan fingerprint density at radius 1 is 1.19 bits per heavy atom. The molecule has 4 heterocycles. The predicted octanol–water partition coefficient (Wildman–Crippen LogP) is 3.10. The maximum atomic E-state index is 13.1. The highest BCUT2D eigenvalue weighted by Gasteiger charge is 2.28. The van der Waals surface area contributed by atoms with Crippen molar-refractivity contribution in [2.75, 3.05) is 26.2 Å². The molecule has 32 heavy (non-hydrogen) atoms. The number of allylic oxidation sites excluding steroid dienone is 2. The second kappa shape index (κ2) is 8.85. The number of aromatic nitrogens is 3. The third-order valence-corrected chi connectivity index (χ3v) is 7.51.